The van der Waals surface area contributed by atoms with Crippen LogP contribution in [0, 0.1) is 27.8 Å². The molecular weight excluding hydrogens is 363 g/mol. The number of nitrogens with zero attached hydrogens (tertiary/aromatic N) is 4. The van der Waals surface area contributed by atoms with Gasteiger partial charge in [0.2, 0.25) is 0 Å². The highest BCUT2D eigenvalue weighted by atomic mass is 127. The second kappa shape index (κ2) is 5.43. The van der Waals surface area contributed by atoms with Crippen LogP contribution in [0.2, 0.25) is 0 Å². The first-order chi connectivity index (χ1) is 8.95. The van der Waals surface area contributed by atoms with Gasteiger partial charge in [-0.15, -0.1) is 0 Å². The molecule has 0 aliphatic carbocycles. The topological polar surface area (TPSA) is 91.0 Å². The second-order valence-corrected chi connectivity index (χ2v) is 4.71. The average Bonchev–Trinajstić information content (AvgIpc) is 2.30. The molecule has 1 heterocycles. The highest BCUT2D eigenvalue weighted by Gasteiger charge is 2.12. The predicted octanol–water partition coefficient (Wildman–Crippen LogP) is 2.79. The van der Waals surface area contributed by atoms with Crippen molar-refractivity contribution in [3.63, 3.8) is 0 Å². The molecular formula is C11H9IN4O3. The highest BCUT2D eigenvalue weighted by Crippen LogP contribution is 2.27. The summed E-state index contributed by atoms with van der Waals surface area (Å²) in [6.45, 7) is 3.51. The number of benzene rings is 1. The number of hydrogen-bond donors (Lipinski definition) is 0. The monoisotopic (exact) mass is 372 g/mol. The predicted molar refractivity (Wildman–Crippen MR) is 75.2 cm³/mol. The fourth-order valence-electron chi connectivity index (χ4n) is 1.38. The van der Waals surface area contributed by atoms with Gasteiger partial charge < -0.3 is 4.74 Å². The van der Waals surface area contributed by atoms with E-state index in [1.165, 1.54) is 12.1 Å². The molecule has 7 nitrogen and oxygen atoms in total. The molecule has 1 aromatic carbocycles. The summed E-state index contributed by atoms with van der Waals surface area (Å²) in [5.41, 5.74) is 0.722. The molecule has 0 N–H and O–H groups in total. The third-order valence-electron chi connectivity index (χ3n) is 2.28. The van der Waals surface area contributed by atoms with E-state index < -0.39 is 4.92 Å². The van der Waals surface area contributed by atoms with E-state index in [0.29, 0.717) is 15.4 Å². The second-order valence-electron chi connectivity index (χ2n) is 3.74. The van der Waals surface area contributed by atoms with Crippen molar-refractivity contribution in [2.75, 3.05) is 0 Å². The number of nitro benzene ring substituents is 1. The first-order valence-electron chi connectivity index (χ1n) is 5.27. The quantitative estimate of drug-likeness (QED) is 0.468. The van der Waals surface area contributed by atoms with Gasteiger partial charge in [-0.1, -0.05) is 0 Å². The molecule has 2 rings (SSSR count). The summed E-state index contributed by atoms with van der Waals surface area (Å²) in [7, 11) is 0. The van der Waals surface area contributed by atoms with E-state index in [-0.39, 0.29) is 11.7 Å². The van der Waals surface area contributed by atoms with E-state index in [0.717, 1.165) is 5.56 Å². The van der Waals surface area contributed by atoms with E-state index >= 15 is 0 Å². The van der Waals surface area contributed by atoms with Crippen molar-refractivity contribution in [3.8, 4) is 11.8 Å². The molecule has 98 valence electrons. The summed E-state index contributed by atoms with van der Waals surface area (Å²) in [6, 6.07) is 4.51. The van der Waals surface area contributed by atoms with Gasteiger partial charge in [0.15, 0.2) is 3.83 Å². The van der Waals surface area contributed by atoms with Gasteiger partial charge in [0.25, 0.3) is 5.69 Å². The van der Waals surface area contributed by atoms with Crippen molar-refractivity contribution in [3.05, 3.63) is 43.5 Å². The number of ether oxygens (including phenoxy) is 1. The van der Waals surface area contributed by atoms with E-state index in [1.807, 2.05) is 22.6 Å². The molecule has 0 aliphatic rings. The number of nitro groups is 1. The zero-order chi connectivity index (χ0) is 14.0. The smallest absolute Gasteiger partial charge is 0.326 e. The number of hydrogen-bond acceptors (Lipinski definition) is 6. The molecule has 0 radical (unpaired) electrons. The summed E-state index contributed by atoms with van der Waals surface area (Å²) in [4.78, 5) is 22.3. The Labute approximate surface area is 122 Å². The first kappa shape index (κ1) is 13.6. The molecule has 0 aliphatic heterocycles. The van der Waals surface area contributed by atoms with Crippen LogP contribution in [0.3, 0.4) is 0 Å². The molecule has 19 heavy (non-hydrogen) atoms. The van der Waals surface area contributed by atoms with Crippen molar-refractivity contribution in [2.24, 2.45) is 0 Å². The largest absolute Gasteiger partial charge is 0.424 e. The minimum Gasteiger partial charge on any atom is -0.424 e. The molecule has 0 bridgehead atoms. The lowest BCUT2D eigenvalue weighted by Gasteiger charge is -2.07. The lowest BCUT2D eigenvalue weighted by Crippen LogP contribution is -2.00. The zero-order valence-electron chi connectivity index (χ0n) is 10.1. The van der Waals surface area contributed by atoms with Crippen LogP contribution in [0.25, 0.3) is 0 Å². The summed E-state index contributed by atoms with van der Waals surface area (Å²) in [6.07, 6.45) is 0. The Morgan fingerprint density at radius 2 is 2.00 bits per heavy atom. The number of non-ortho nitro benzene ring substituents is 1. The standard InChI is InChI=1S/C11H9IN4O3/c1-6-3-4-8(16(17)18)5-9(6)19-11-14-7(2)13-10(12)15-11/h3-5H,1-2H3. The molecule has 0 saturated heterocycles. The van der Waals surface area contributed by atoms with Crippen LogP contribution in [0.15, 0.2) is 18.2 Å². The molecule has 2 aromatic rings. The first-order valence-corrected chi connectivity index (χ1v) is 6.34. The van der Waals surface area contributed by atoms with Gasteiger partial charge >= 0.3 is 6.01 Å². The third kappa shape index (κ3) is 3.34. The van der Waals surface area contributed by atoms with Gasteiger partial charge in [-0.3, -0.25) is 10.1 Å². The van der Waals surface area contributed by atoms with Crippen molar-refractivity contribution < 1.29 is 9.66 Å². The maximum absolute atomic E-state index is 10.7. The summed E-state index contributed by atoms with van der Waals surface area (Å²) in [5, 5.41) is 10.7. The van der Waals surface area contributed by atoms with E-state index in [9.17, 15) is 10.1 Å². The maximum atomic E-state index is 10.7. The average molecular weight is 372 g/mol. The van der Waals surface area contributed by atoms with E-state index in [2.05, 4.69) is 15.0 Å². The van der Waals surface area contributed by atoms with Crippen molar-refractivity contribution in [2.45, 2.75) is 13.8 Å². The van der Waals surface area contributed by atoms with Gasteiger partial charge in [0.05, 0.1) is 11.0 Å². The Balaban J connectivity index is 2.37. The molecule has 8 heteroatoms. The van der Waals surface area contributed by atoms with Crippen LogP contribution in [-0.4, -0.2) is 19.9 Å². The summed E-state index contributed by atoms with van der Waals surface area (Å²) in [5.74, 6) is 0.882. The number of rotatable bonds is 3. The normalized spacial score (nSPS) is 10.3. The molecule has 0 amide bonds. The minimum absolute atomic E-state index is 0.0407. The third-order valence-corrected chi connectivity index (χ3v) is 2.77. The zero-order valence-corrected chi connectivity index (χ0v) is 12.3. The van der Waals surface area contributed by atoms with Crippen LogP contribution in [-0.2, 0) is 0 Å². The van der Waals surface area contributed by atoms with Crippen molar-refractivity contribution >= 4 is 28.3 Å². The molecule has 1 aromatic heterocycles. The maximum Gasteiger partial charge on any atom is 0.326 e. The Hall–Kier alpha value is -1.84. The van der Waals surface area contributed by atoms with Crippen LogP contribution in [0.5, 0.6) is 11.8 Å². The molecule has 0 spiro atoms. The minimum atomic E-state index is -0.477. The van der Waals surface area contributed by atoms with Crippen LogP contribution in [0.4, 0.5) is 5.69 Å². The fourth-order valence-corrected chi connectivity index (χ4v) is 1.94. The van der Waals surface area contributed by atoms with Gasteiger partial charge in [-0.05, 0) is 25.5 Å². The van der Waals surface area contributed by atoms with E-state index in [4.69, 9.17) is 4.74 Å². The Morgan fingerprint density at radius 3 is 2.63 bits per heavy atom. The summed E-state index contributed by atoms with van der Waals surface area (Å²) >= 11 is 1.95. The molecule has 0 saturated carbocycles. The molecule has 0 fully saturated rings. The number of aromatic nitrogens is 3. The lowest BCUT2D eigenvalue weighted by atomic mass is 10.2. The van der Waals surface area contributed by atoms with E-state index in [1.54, 1.807) is 19.9 Å². The Morgan fingerprint density at radius 1 is 1.26 bits per heavy atom. The van der Waals surface area contributed by atoms with Crippen LogP contribution < -0.4 is 4.74 Å². The van der Waals surface area contributed by atoms with Gasteiger partial charge in [0.1, 0.15) is 11.6 Å². The van der Waals surface area contributed by atoms with Gasteiger partial charge in [0, 0.05) is 28.7 Å². The Bertz CT molecular complexity index is 628. The number of halogens is 1. The SMILES string of the molecule is Cc1nc(I)nc(Oc2cc([N+](=O)[O-])ccc2C)n1. The molecule has 0 atom stereocenters. The van der Waals surface area contributed by atoms with Crippen molar-refractivity contribution in [1.82, 2.24) is 15.0 Å². The van der Waals surface area contributed by atoms with Crippen LogP contribution in [0.1, 0.15) is 11.4 Å². The Kier molecular flexibility index (Phi) is 3.88. The van der Waals surface area contributed by atoms with Crippen LogP contribution >= 0.6 is 22.6 Å². The van der Waals surface area contributed by atoms with Gasteiger partial charge in [-0.2, -0.15) is 9.97 Å². The lowest BCUT2D eigenvalue weighted by molar-refractivity contribution is -0.384. The highest BCUT2D eigenvalue weighted by molar-refractivity contribution is 14.1. The summed E-state index contributed by atoms with van der Waals surface area (Å²) < 4.78 is 5.99. The number of aryl methyl sites for hydroxylation is 2. The molecule has 0 unspecified atom stereocenters. The van der Waals surface area contributed by atoms with Crippen molar-refractivity contribution in [1.29, 1.82) is 0 Å². The fraction of sp³-hybridized carbons (Fsp3) is 0.182. The van der Waals surface area contributed by atoms with Gasteiger partial charge in [-0.25, -0.2) is 4.98 Å².